The van der Waals surface area contributed by atoms with E-state index in [1.807, 2.05) is 31.4 Å². The largest absolute Gasteiger partial charge is 0.345 e. The smallest absolute Gasteiger partial charge is 0.255 e. The van der Waals surface area contributed by atoms with Crippen molar-refractivity contribution in [3.05, 3.63) is 82.5 Å². The second kappa shape index (κ2) is 8.54. The molecule has 1 aromatic carbocycles. The van der Waals surface area contributed by atoms with Gasteiger partial charge in [-0.3, -0.25) is 9.78 Å². The van der Waals surface area contributed by atoms with Crippen molar-refractivity contribution in [3.8, 4) is 16.9 Å². The molecular formula is C22H20FN5OS. The van der Waals surface area contributed by atoms with Gasteiger partial charge < -0.3 is 5.32 Å². The summed E-state index contributed by atoms with van der Waals surface area (Å²) in [5, 5.41) is 10.1. The fourth-order valence-electron chi connectivity index (χ4n) is 3.17. The molecule has 1 amide bonds. The van der Waals surface area contributed by atoms with Crippen LogP contribution in [0.1, 0.15) is 40.8 Å². The number of rotatable bonds is 6. The van der Waals surface area contributed by atoms with Crippen molar-refractivity contribution in [2.75, 3.05) is 0 Å². The number of hydrogen-bond acceptors (Lipinski definition) is 5. The Morgan fingerprint density at radius 2 is 1.90 bits per heavy atom. The Kier molecular flexibility index (Phi) is 5.67. The summed E-state index contributed by atoms with van der Waals surface area (Å²) in [4.78, 5) is 21.5. The molecule has 0 unspecified atom stereocenters. The van der Waals surface area contributed by atoms with E-state index in [0.717, 1.165) is 22.0 Å². The molecule has 3 aromatic heterocycles. The lowest BCUT2D eigenvalue weighted by Crippen LogP contribution is -2.24. The van der Waals surface area contributed by atoms with Crippen LogP contribution in [-0.4, -0.2) is 25.7 Å². The molecule has 4 rings (SSSR count). The maximum Gasteiger partial charge on any atom is 0.255 e. The van der Waals surface area contributed by atoms with E-state index in [0.29, 0.717) is 17.8 Å². The van der Waals surface area contributed by atoms with E-state index < -0.39 is 0 Å². The maximum absolute atomic E-state index is 13.3. The lowest BCUT2D eigenvalue weighted by atomic mass is 10.1. The number of carbonyl (C=O) groups is 1. The first kappa shape index (κ1) is 19.9. The van der Waals surface area contributed by atoms with E-state index >= 15 is 0 Å². The predicted molar refractivity (Wildman–Crippen MR) is 114 cm³/mol. The Hall–Kier alpha value is -3.39. The molecule has 0 radical (unpaired) electrons. The number of nitrogens with one attached hydrogen (secondary N) is 1. The molecule has 0 saturated carbocycles. The monoisotopic (exact) mass is 421 g/mol. The van der Waals surface area contributed by atoms with Gasteiger partial charge in [0.2, 0.25) is 0 Å². The van der Waals surface area contributed by atoms with E-state index in [9.17, 15) is 9.18 Å². The number of amides is 1. The van der Waals surface area contributed by atoms with E-state index in [4.69, 9.17) is 0 Å². The molecule has 152 valence electrons. The highest BCUT2D eigenvalue weighted by molar-refractivity contribution is 7.09. The minimum Gasteiger partial charge on any atom is -0.345 e. The zero-order valence-corrected chi connectivity index (χ0v) is 17.4. The molecule has 0 aliphatic carbocycles. The van der Waals surface area contributed by atoms with E-state index in [1.165, 1.54) is 23.5 Å². The lowest BCUT2D eigenvalue weighted by molar-refractivity contribution is 0.0949. The third-order valence-corrected chi connectivity index (χ3v) is 5.45. The summed E-state index contributed by atoms with van der Waals surface area (Å²) in [5.74, 6) is -0.478. The van der Waals surface area contributed by atoms with Gasteiger partial charge in [-0.05, 0) is 42.3 Å². The van der Waals surface area contributed by atoms with Crippen LogP contribution in [0, 0.1) is 5.82 Å². The van der Waals surface area contributed by atoms with Gasteiger partial charge in [-0.15, -0.1) is 11.3 Å². The summed E-state index contributed by atoms with van der Waals surface area (Å²) in [5.41, 5.74) is 3.83. The molecule has 0 aliphatic heterocycles. The average Bonchev–Trinajstić information content (AvgIpc) is 3.41. The van der Waals surface area contributed by atoms with E-state index in [1.54, 1.807) is 35.4 Å². The van der Waals surface area contributed by atoms with E-state index in [-0.39, 0.29) is 17.6 Å². The molecule has 6 nitrogen and oxygen atoms in total. The van der Waals surface area contributed by atoms with Gasteiger partial charge in [-0.2, -0.15) is 5.10 Å². The van der Waals surface area contributed by atoms with Crippen molar-refractivity contribution < 1.29 is 9.18 Å². The third kappa shape index (κ3) is 4.13. The molecule has 0 saturated heterocycles. The quantitative estimate of drug-likeness (QED) is 0.494. The van der Waals surface area contributed by atoms with Crippen LogP contribution in [0.25, 0.3) is 16.9 Å². The number of pyridine rings is 1. The number of carbonyl (C=O) groups excluding carboxylic acids is 1. The van der Waals surface area contributed by atoms with Crippen LogP contribution in [0.3, 0.4) is 0 Å². The Bertz CT molecular complexity index is 1150. The van der Waals surface area contributed by atoms with Gasteiger partial charge in [0.15, 0.2) is 0 Å². The third-order valence-electron chi connectivity index (χ3n) is 4.60. The van der Waals surface area contributed by atoms with Crippen LogP contribution < -0.4 is 5.32 Å². The van der Waals surface area contributed by atoms with Gasteiger partial charge >= 0.3 is 0 Å². The summed E-state index contributed by atoms with van der Waals surface area (Å²) in [6.45, 7) is 4.32. The Balaban J connectivity index is 1.51. The lowest BCUT2D eigenvalue weighted by Gasteiger charge is -2.13. The number of thiazole rings is 1. The van der Waals surface area contributed by atoms with Crippen molar-refractivity contribution in [3.63, 3.8) is 0 Å². The Labute approximate surface area is 177 Å². The maximum atomic E-state index is 13.3. The summed E-state index contributed by atoms with van der Waals surface area (Å²) in [6, 6.07) is 9.85. The molecular weight excluding hydrogens is 401 g/mol. The second-order valence-electron chi connectivity index (χ2n) is 7.03. The van der Waals surface area contributed by atoms with Crippen molar-refractivity contribution >= 4 is 17.2 Å². The van der Waals surface area contributed by atoms with Gasteiger partial charge in [0.05, 0.1) is 35.4 Å². The first-order valence-corrected chi connectivity index (χ1v) is 10.4. The van der Waals surface area contributed by atoms with Crippen molar-refractivity contribution in [1.82, 2.24) is 25.1 Å². The van der Waals surface area contributed by atoms with Gasteiger partial charge in [0.1, 0.15) is 10.8 Å². The average molecular weight is 422 g/mol. The molecule has 30 heavy (non-hydrogen) atoms. The molecule has 0 spiro atoms. The number of benzene rings is 1. The highest BCUT2D eigenvalue weighted by Gasteiger charge is 2.21. The summed E-state index contributed by atoms with van der Waals surface area (Å²) >= 11 is 1.49. The van der Waals surface area contributed by atoms with Crippen LogP contribution in [0.4, 0.5) is 4.39 Å². The number of halogens is 1. The fraction of sp³-hybridized carbons (Fsp3) is 0.182. The number of aromatic nitrogens is 4. The standard InChI is InChI=1S/C22H20FN5OS/c1-14(2)21-18(11-26-28(21)17-5-3-16(23)4-6-17)22(29)25-12-20-27-19(13-30-20)15-7-9-24-10-8-15/h3-11,13-14H,12H2,1-2H3,(H,25,29). The zero-order valence-electron chi connectivity index (χ0n) is 16.5. The Morgan fingerprint density at radius 1 is 1.17 bits per heavy atom. The second-order valence-corrected chi connectivity index (χ2v) is 7.97. The molecule has 0 fully saturated rings. The van der Waals surface area contributed by atoms with E-state index in [2.05, 4.69) is 20.4 Å². The van der Waals surface area contributed by atoms with Crippen molar-refractivity contribution in [2.24, 2.45) is 0 Å². The zero-order chi connectivity index (χ0) is 21.1. The van der Waals surface area contributed by atoms with Crippen molar-refractivity contribution in [2.45, 2.75) is 26.3 Å². The number of nitrogens with zero attached hydrogens (tertiary/aromatic N) is 4. The van der Waals surface area contributed by atoms with Crippen LogP contribution in [0.15, 0.2) is 60.4 Å². The fourth-order valence-corrected chi connectivity index (χ4v) is 3.92. The molecule has 0 atom stereocenters. The van der Waals surface area contributed by atoms with Gasteiger partial charge in [0, 0.05) is 23.3 Å². The first-order valence-electron chi connectivity index (χ1n) is 9.50. The van der Waals surface area contributed by atoms with Gasteiger partial charge in [-0.1, -0.05) is 13.8 Å². The van der Waals surface area contributed by atoms with Crippen LogP contribution in [0.5, 0.6) is 0 Å². The first-order chi connectivity index (χ1) is 14.5. The highest BCUT2D eigenvalue weighted by atomic mass is 32.1. The summed E-state index contributed by atoms with van der Waals surface area (Å²) < 4.78 is 14.9. The summed E-state index contributed by atoms with van der Waals surface area (Å²) in [6.07, 6.45) is 5.00. The summed E-state index contributed by atoms with van der Waals surface area (Å²) in [7, 11) is 0. The predicted octanol–water partition coefficient (Wildman–Crippen LogP) is 4.58. The molecule has 4 aromatic rings. The van der Waals surface area contributed by atoms with Gasteiger partial charge in [-0.25, -0.2) is 14.1 Å². The normalized spacial score (nSPS) is 11.1. The number of hydrogen-bond donors (Lipinski definition) is 1. The molecule has 0 aliphatic rings. The molecule has 3 heterocycles. The van der Waals surface area contributed by atoms with Crippen LogP contribution in [-0.2, 0) is 6.54 Å². The molecule has 8 heteroatoms. The highest BCUT2D eigenvalue weighted by Crippen LogP contribution is 2.24. The SMILES string of the molecule is CC(C)c1c(C(=O)NCc2nc(-c3ccncc3)cs2)cnn1-c1ccc(F)cc1. The molecule has 1 N–H and O–H groups in total. The topological polar surface area (TPSA) is 72.7 Å². The Morgan fingerprint density at radius 3 is 2.60 bits per heavy atom. The van der Waals surface area contributed by atoms with Crippen LogP contribution in [0.2, 0.25) is 0 Å². The minimum absolute atomic E-state index is 0.0523. The minimum atomic E-state index is -0.315. The van der Waals surface area contributed by atoms with Crippen LogP contribution >= 0.6 is 11.3 Å². The van der Waals surface area contributed by atoms with Gasteiger partial charge in [0.25, 0.3) is 5.91 Å². The van der Waals surface area contributed by atoms with Crippen molar-refractivity contribution in [1.29, 1.82) is 0 Å². The molecule has 0 bridgehead atoms.